The van der Waals surface area contributed by atoms with E-state index >= 15 is 0 Å². The molecular formula is C17H32O. The Morgan fingerprint density at radius 2 is 1.94 bits per heavy atom. The number of hydrogen-bond acceptors (Lipinski definition) is 1. The highest BCUT2D eigenvalue weighted by Crippen LogP contribution is 2.32. The Balaban J connectivity index is 4.16. The molecule has 0 heterocycles. The first kappa shape index (κ1) is 17.4. The van der Waals surface area contributed by atoms with Gasteiger partial charge in [0.1, 0.15) is 0 Å². The highest BCUT2D eigenvalue weighted by Gasteiger charge is 2.28. The molecule has 0 aliphatic rings. The zero-order valence-corrected chi connectivity index (χ0v) is 12.8. The number of aliphatic hydroxyl groups excluding tert-OH is 1. The van der Waals surface area contributed by atoms with Gasteiger partial charge in [-0.05, 0) is 33.1 Å². The summed E-state index contributed by atoms with van der Waals surface area (Å²) in [6.07, 6.45) is 11.7. The maximum absolute atomic E-state index is 10.3. The molecule has 1 nitrogen and oxygen atoms in total. The van der Waals surface area contributed by atoms with Gasteiger partial charge in [0.2, 0.25) is 0 Å². The molecule has 0 aromatic carbocycles. The van der Waals surface area contributed by atoms with Crippen LogP contribution in [0.3, 0.4) is 0 Å². The Morgan fingerprint density at radius 1 is 1.28 bits per heavy atom. The summed E-state index contributed by atoms with van der Waals surface area (Å²) in [5.41, 5.74) is 1.21. The predicted molar refractivity (Wildman–Crippen MR) is 81.7 cm³/mol. The van der Waals surface area contributed by atoms with Crippen molar-refractivity contribution in [2.75, 3.05) is 0 Å². The van der Waals surface area contributed by atoms with Crippen LogP contribution in [0.1, 0.15) is 72.6 Å². The van der Waals surface area contributed by atoms with E-state index in [4.69, 9.17) is 0 Å². The Kier molecular flexibility index (Phi) is 9.09. The highest BCUT2D eigenvalue weighted by molar-refractivity contribution is 5.00. The quantitative estimate of drug-likeness (QED) is 0.415. The van der Waals surface area contributed by atoms with Crippen LogP contribution in [0.25, 0.3) is 0 Å². The van der Waals surface area contributed by atoms with Crippen LogP contribution in [0.15, 0.2) is 24.3 Å². The molecule has 106 valence electrons. The van der Waals surface area contributed by atoms with Gasteiger partial charge in [0, 0.05) is 5.41 Å². The van der Waals surface area contributed by atoms with Crippen molar-refractivity contribution >= 4 is 0 Å². The van der Waals surface area contributed by atoms with Gasteiger partial charge in [-0.1, -0.05) is 57.3 Å². The van der Waals surface area contributed by atoms with Gasteiger partial charge in [-0.25, -0.2) is 0 Å². The SMILES string of the molecule is C=C[C@](C)(CCC=C(C)C)[C@H](O)CCCCCC. The molecule has 0 amide bonds. The van der Waals surface area contributed by atoms with Crippen LogP contribution in [0, 0.1) is 5.41 Å². The summed E-state index contributed by atoms with van der Waals surface area (Å²) in [5, 5.41) is 10.3. The molecule has 1 heteroatoms. The van der Waals surface area contributed by atoms with Crippen LogP contribution in [0.5, 0.6) is 0 Å². The summed E-state index contributed by atoms with van der Waals surface area (Å²) in [5.74, 6) is 0. The molecular weight excluding hydrogens is 220 g/mol. The van der Waals surface area contributed by atoms with E-state index in [1.807, 2.05) is 6.08 Å². The zero-order chi connectivity index (χ0) is 14.0. The van der Waals surface area contributed by atoms with Crippen LogP contribution in [-0.2, 0) is 0 Å². The van der Waals surface area contributed by atoms with E-state index < -0.39 is 0 Å². The number of rotatable bonds is 10. The molecule has 0 radical (unpaired) electrons. The van der Waals surface area contributed by atoms with Crippen molar-refractivity contribution in [1.82, 2.24) is 0 Å². The van der Waals surface area contributed by atoms with Crippen LogP contribution in [-0.4, -0.2) is 11.2 Å². The first-order chi connectivity index (χ1) is 8.46. The molecule has 0 aromatic rings. The summed E-state index contributed by atoms with van der Waals surface area (Å²) in [6.45, 7) is 12.5. The maximum atomic E-state index is 10.3. The zero-order valence-electron chi connectivity index (χ0n) is 12.8. The van der Waals surface area contributed by atoms with Crippen molar-refractivity contribution in [2.24, 2.45) is 5.41 Å². The molecule has 18 heavy (non-hydrogen) atoms. The molecule has 0 aliphatic heterocycles. The lowest BCUT2D eigenvalue weighted by atomic mass is 9.78. The number of hydrogen-bond donors (Lipinski definition) is 1. The fraction of sp³-hybridized carbons (Fsp3) is 0.765. The van der Waals surface area contributed by atoms with Gasteiger partial charge in [0.15, 0.2) is 0 Å². The van der Waals surface area contributed by atoms with Gasteiger partial charge in [-0.2, -0.15) is 0 Å². The van der Waals surface area contributed by atoms with Gasteiger partial charge in [-0.15, -0.1) is 6.58 Å². The van der Waals surface area contributed by atoms with Crippen molar-refractivity contribution in [2.45, 2.75) is 78.7 Å². The van der Waals surface area contributed by atoms with Gasteiger partial charge in [0.05, 0.1) is 6.10 Å². The molecule has 0 rings (SSSR count). The van der Waals surface area contributed by atoms with Gasteiger partial charge in [0.25, 0.3) is 0 Å². The summed E-state index contributed by atoms with van der Waals surface area (Å²) in [6, 6.07) is 0. The third-order valence-electron chi connectivity index (χ3n) is 3.79. The normalized spacial score (nSPS) is 15.8. The Morgan fingerprint density at radius 3 is 2.44 bits per heavy atom. The Bertz CT molecular complexity index is 250. The minimum atomic E-state index is -0.252. The van der Waals surface area contributed by atoms with Crippen LogP contribution in [0.2, 0.25) is 0 Å². The maximum Gasteiger partial charge on any atom is 0.0628 e. The fourth-order valence-electron chi connectivity index (χ4n) is 2.17. The molecule has 0 fully saturated rings. The summed E-state index contributed by atoms with van der Waals surface area (Å²) < 4.78 is 0. The highest BCUT2D eigenvalue weighted by atomic mass is 16.3. The Hall–Kier alpha value is -0.560. The molecule has 1 N–H and O–H groups in total. The summed E-state index contributed by atoms with van der Waals surface area (Å²) >= 11 is 0. The average Bonchev–Trinajstić information content (AvgIpc) is 2.33. The van der Waals surface area contributed by atoms with E-state index in [2.05, 4.69) is 40.3 Å². The number of aliphatic hydroxyl groups is 1. The molecule has 0 aliphatic carbocycles. The molecule has 0 spiro atoms. The van der Waals surface area contributed by atoms with E-state index in [1.54, 1.807) is 0 Å². The van der Waals surface area contributed by atoms with Crippen molar-refractivity contribution in [3.05, 3.63) is 24.3 Å². The first-order valence-corrected chi connectivity index (χ1v) is 7.41. The van der Waals surface area contributed by atoms with Crippen molar-refractivity contribution in [3.63, 3.8) is 0 Å². The number of allylic oxidation sites excluding steroid dienone is 2. The largest absolute Gasteiger partial charge is 0.392 e. The average molecular weight is 252 g/mol. The lowest BCUT2D eigenvalue weighted by Gasteiger charge is -2.31. The van der Waals surface area contributed by atoms with E-state index in [1.165, 1.54) is 24.8 Å². The fourth-order valence-corrected chi connectivity index (χ4v) is 2.17. The van der Waals surface area contributed by atoms with Crippen molar-refractivity contribution in [1.29, 1.82) is 0 Å². The second kappa shape index (κ2) is 9.38. The predicted octanol–water partition coefficient (Wildman–Crippen LogP) is 5.26. The lowest BCUT2D eigenvalue weighted by molar-refractivity contribution is 0.0553. The second-order valence-corrected chi connectivity index (χ2v) is 5.90. The van der Waals surface area contributed by atoms with E-state index in [0.29, 0.717) is 0 Å². The van der Waals surface area contributed by atoms with E-state index in [9.17, 15) is 5.11 Å². The minimum absolute atomic E-state index is 0.141. The Labute approximate surface area is 114 Å². The second-order valence-electron chi connectivity index (χ2n) is 5.90. The smallest absolute Gasteiger partial charge is 0.0628 e. The van der Waals surface area contributed by atoms with Crippen LogP contribution in [0.4, 0.5) is 0 Å². The topological polar surface area (TPSA) is 20.2 Å². The third-order valence-corrected chi connectivity index (χ3v) is 3.79. The summed E-state index contributed by atoms with van der Waals surface area (Å²) in [4.78, 5) is 0. The standard InChI is InChI=1S/C17H32O/c1-6-8-9-10-13-16(18)17(5,7-2)14-11-12-15(3)4/h7,12,16,18H,2,6,8-11,13-14H2,1,3-5H3/t16-,17-/m1/s1. The number of unbranched alkanes of at least 4 members (excludes halogenated alkanes) is 3. The minimum Gasteiger partial charge on any atom is -0.392 e. The van der Waals surface area contributed by atoms with Gasteiger partial charge < -0.3 is 5.11 Å². The van der Waals surface area contributed by atoms with Crippen LogP contribution < -0.4 is 0 Å². The molecule has 0 aromatic heterocycles. The van der Waals surface area contributed by atoms with E-state index in [-0.39, 0.29) is 11.5 Å². The molecule has 0 saturated carbocycles. The first-order valence-electron chi connectivity index (χ1n) is 7.41. The van der Waals surface area contributed by atoms with Crippen molar-refractivity contribution < 1.29 is 5.11 Å². The third kappa shape index (κ3) is 7.00. The molecule has 0 saturated heterocycles. The molecule has 2 atom stereocenters. The monoisotopic (exact) mass is 252 g/mol. The summed E-state index contributed by atoms with van der Waals surface area (Å²) in [7, 11) is 0. The lowest BCUT2D eigenvalue weighted by Crippen LogP contribution is -2.30. The molecule has 0 unspecified atom stereocenters. The van der Waals surface area contributed by atoms with Crippen molar-refractivity contribution in [3.8, 4) is 0 Å². The van der Waals surface area contributed by atoms with E-state index in [0.717, 1.165) is 25.7 Å². The van der Waals surface area contributed by atoms with Gasteiger partial charge >= 0.3 is 0 Å². The molecule has 0 bridgehead atoms. The van der Waals surface area contributed by atoms with Crippen LogP contribution >= 0.6 is 0 Å². The van der Waals surface area contributed by atoms with Gasteiger partial charge in [-0.3, -0.25) is 0 Å².